The molecule has 0 amide bonds. The number of nitrogens with zero attached hydrogens (tertiary/aromatic N) is 2. The number of nitrogens with one attached hydrogen (secondary N) is 1. The molecule has 0 bridgehead atoms. The minimum Gasteiger partial charge on any atom is -0.496 e. The van der Waals surface area contributed by atoms with Crippen molar-refractivity contribution in [2.75, 3.05) is 20.0 Å². The van der Waals surface area contributed by atoms with Crippen LogP contribution in [-0.4, -0.2) is 34.2 Å². The molecule has 3 aromatic rings. The summed E-state index contributed by atoms with van der Waals surface area (Å²) < 4.78 is 25.0. The summed E-state index contributed by atoms with van der Waals surface area (Å²) in [7, 11) is 2.84. The number of benzene rings is 2. The highest BCUT2D eigenvalue weighted by atomic mass is 19.1. The summed E-state index contributed by atoms with van der Waals surface area (Å²) in [6.07, 6.45) is -0.306. The van der Waals surface area contributed by atoms with Gasteiger partial charge in [-0.1, -0.05) is 13.0 Å². The Morgan fingerprint density at radius 3 is 2.50 bits per heavy atom. The molecule has 4 N–H and O–H groups in total. The van der Waals surface area contributed by atoms with Crippen molar-refractivity contribution < 1.29 is 23.9 Å². The molecule has 1 heterocycles. The van der Waals surface area contributed by atoms with Crippen LogP contribution >= 0.6 is 0 Å². The lowest BCUT2D eigenvalue weighted by Crippen LogP contribution is -2.12. The number of aliphatic hydroxyl groups is 1. The van der Waals surface area contributed by atoms with Crippen LogP contribution in [0.3, 0.4) is 0 Å². The number of aromatic nitrogens is 2. The quantitative estimate of drug-likeness (QED) is 0.336. The molecule has 0 aliphatic heterocycles. The molecular weight excluding hydrogens is 419 g/mol. The van der Waals surface area contributed by atoms with Crippen LogP contribution in [0.1, 0.15) is 47.9 Å². The Balaban J connectivity index is 2.18. The van der Waals surface area contributed by atoms with E-state index in [2.05, 4.69) is 9.97 Å². The van der Waals surface area contributed by atoms with E-state index >= 15 is 0 Å². The standard InChI is InChI=1S/C22H25FN4O5/c1-4-17(28)21-20(25-22(24)26-21)15(12-5-7-19(32-3)16(23)11-12)10-13-9-14(27(29)30)6-8-18(13)31-2/h5-9,11,15,17,28H,4,10H2,1-3H3,(H3,24,25,26). The molecule has 9 nitrogen and oxygen atoms in total. The minimum absolute atomic E-state index is 0.0818. The number of methoxy groups -OCH3 is 2. The van der Waals surface area contributed by atoms with Gasteiger partial charge in [-0.25, -0.2) is 9.37 Å². The van der Waals surface area contributed by atoms with E-state index in [1.54, 1.807) is 13.0 Å². The predicted molar refractivity (Wildman–Crippen MR) is 116 cm³/mol. The highest BCUT2D eigenvalue weighted by Gasteiger charge is 2.27. The largest absolute Gasteiger partial charge is 0.496 e. The van der Waals surface area contributed by atoms with Crippen molar-refractivity contribution in [2.45, 2.75) is 31.8 Å². The molecule has 32 heavy (non-hydrogen) atoms. The first-order valence-corrected chi connectivity index (χ1v) is 9.97. The molecule has 0 aliphatic carbocycles. The second-order valence-electron chi connectivity index (χ2n) is 7.25. The first kappa shape index (κ1) is 23.0. The summed E-state index contributed by atoms with van der Waals surface area (Å²) in [5.41, 5.74) is 7.71. The highest BCUT2D eigenvalue weighted by molar-refractivity contribution is 5.47. The van der Waals surface area contributed by atoms with Crippen molar-refractivity contribution >= 4 is 11.6 Å². The van der Waals surface area contributed by atoms with E-state index in [9.17, 15) is 19.6 Å². The maximum atomic E-state index is 14.6. The monoisotopic (exact) mass is 444 g/mol. The molecule has 0 fully saturated rings. The van der Waals surface area contributed by atoms with E-state index in [0.29, 0.717) is 34.7 Å². The first-order valence-electron chi connectivity index (χ1n) is 9.97. The number of hydrogen-bond acceptors (Lipinski definition) is 7. The van der Waals surface area contributed by atoms with Gasteiger partial charge in [0.25, 0.3) is 5.69 Å². The van der Waals surface area contributed by atoms with Gasteiger partial charge in [-0.05, 0) is 36.6 Å². The average molecular weight is 444 g/mol. The number of H-pyrrole nitrogens is 1. The van der Waals surface area contributed by atoms with Crippen molar-refractivity contribution in [3.63, 3.8) is 0 Å². The van der Waals surface area contributed by atoms with Gasteiger partial charge in [0.15, 0.2) is 17.5 Å². The fourth-order valence-electron chi connectivity index (χ4n) is 3.68. The lowest BCUT2D eigenvalue weighted by atomic mass is 9.86. The Kier molecular flexibility index (Phi) is 6.94. The van der Waals surface area contributed by atoms with Crippen LogP contribution in [0.2, 0.25) is 0 Å². The maximum Gasteiger partial charge on any atom is 0.269 e. The van der Waals surface area contributed by atoms with Crippen LogP contribution in [0.4, 0.5) is 16.0 Å². The zero-order valence-corrected chi connectivity index (χ0v) is 18.0. The zero-order chi connectivity index (χ0) is 23.4. The minimum atomic E-state index is -0.892. The molecule has 0 radical (unpaired) electrons. The van der Waals surface area contributed by atoms with Crippen molar-refractivity contribution in [2.24, 2.45) is 0 Å². The predicted octanol–water partition coefficient (Wildman–Crippen LogP) is 3.87. The number of non-ortho nitro benzene ring substituents is 1. The van der Waals surface area contributed by atoms with E-state index in [4.69, 9.17) is 15.2 Å². The Morgan fingerprint density at radius 1 is 1.22 bits per heavy atom. The lowest BCUT2D eigenvalue weighted by Gasteiger charge is -2.21. The summed E-state index contributed by atoms with van der Waals surface area (Å²) in [4.78, 5) is 18.0. The Bertz CT molecular complexity index is 1120. The molecule has 10 heteroatoms. The second-order valence-corrected chi connectivity index (χ2v) is 7.25. The van der Waals surface area contributed by atoms with E-state index in [0.717, 1.165) is 0 Å². The number of nitrogen functional groups attached to an aromatic ring is 1. The number of nitro groups is 1. The van der Waals surface area contributed by atoms with Crippen LogP contribution < -0.4 is 15.2 Å². The van der Waals surface area contributed by atoms with Crippen molar-refractivity contribution in [1.29, 1.82) is 0 Å². The number of rotatable bonds is 9. The number of ether oxygens (including phenoxy) is 2. The first-order chi connectivity index (χ1) is 15.3. The average Bonchev–Trinajstić information content (AvgIpc) is 3.17. The molecule has 0 saturated heterocycles. The number of nitro benzene ring substituents is 1. The Morgan fingerprint density at radius 2 is 1.91 bits per heavy atom. The number of nitrogens with two attached hydrogens (primary N) is 1. The number of aromatic amines is 1. The third-order valence-electron chi connectivity index (χ3n) is 5.31. The van der Waals surface area contributed by atoms with Crippen molar-refractivity contribution in [1.82, 2.24) is 9.97 Å². The number of aliphatic hydroxyl groups excluding tert-OH is 1. The summed E-state index contributed by atoms with van der Waals surface area (Å²) in [6.45, 7) is 1.80. The number of anilines is 1. The topological polar surface area (TPSA) is 137 Å². The highest BCUT2D eigenvalue weighted by Crippen LogP contribution is 2.37. The van der Waals surface area contributed by atoms with Gasteiger partial charge >= 0.3 is 0 Å². The summed E-state index contributed by atoms with van der Waals surface area (Å²) in [5.74, 6) is -0.496. The van der Waals surface area contributed by atoms with Gasteiger partial charge < -0.3 is 25.3 Å². The van der Waals surface area contributed by atoms with E-state index in [-0.39, 0.29) is 23.8 Å². The molecule has 2 aromatic carbocycles. The van der Waals surface area contributed by atoms with Gasteiger partial charge in [-0.2, -0.15) is 0 Å². The van der Waals surface area contributed by atoms with Crippen molar-refractivity contribution in [3.8, 4) is 11.5 Å². The molecule has 2 unspecified atom stereocenters. The van der Waals surface area contributed by atoms with Crippen LogP contribution in [0.15, 0.2) is 36.4 Å². The SMILES string of the molecule is CCC(O)c1nc(N)[nH]c1C(Cc1cc([N+](=O)[O-])ccc1OC)c1ccc(OC)c(F)c1. The molecule has 2 atom stereocenters. The fraction of sp³-hybridized carbons (Fsp3) is 0.318. The maximum absolute atomic E-state index is 14.6. The lowest BCUT2D eigenvalue weighted by molar-refractivity contribution is -0.384. The Hall–Kier alpha value is -3.66. The van der Waals surface area contributed by atoms with Crippen molar-refractivity contribution in [3.05, 3.63) is 74.8 Å². The Labute approximate surface area is 184 Å². The molecule has 0 saturated carbocycles. The molecule has 0 aliphatic rings. The van der Waals surface area contributed by atoms with Crippen LogP contribution in [0, 0.1) is 15.9 Å². The summed E-state index contributed by atoms with van der Waals surface area (Å²) in [6, 6.07) is 8.80. The van der Waals surface area contributed by atoms with Crippen LogP contribution in [-0.2, 0) is 6.42 Å². The third-order valence-corrected chi connectivity index (χ3v) is 5.31. The molecular formula is C22H25FN4O5. The van der Waals surface area contributed by atoms with Gasteiger partial charge in [0.05, 0.1) is 36.6 Å². The van der Waals surface area contributed by atoms with Crippen LogP contribution in [0.25, 0.3) is 0 Å². The fourth-order valence-corrected chi connectivity index (χ4v) is 3.68. The molecule has 170 valence electrons. The summed E-state index contributed by atoms with van der Waals surface area (Å²) >= 11 is 0. The van der Waals surface area contributed by atoms with E-state index < -0.39 is 22.8 Å². The smallest absolute Gasteiger partial charge is 0.269 e. The zero-order valence-electron chi connectivity index (χ0n) is 18.0. The van der Waals surface area contributed by atoms with E-state index in [1.807, 2.05) is 0 Å². The number of halogens is 1. The van der Waals surface area contributed by atoms with Gasteiger partial charge in [0.1, 0.15) is 5.75 Å². The second kappa shape index (κ2) is 9.65. The number of imidazole rings is 1. The summed E-state index contributed by atoms with van der Waals surface area (Å²) in [5, 5.41) is 21.8. The van der Waals surface area contributed by atoms with Gasteiger partial charge in [0.2, 0.25) is 0 Å². The van der Waals surface area contributed by atoms with Gasteiger partial charge in [-0.15, -0.1) is 0 Å². The van der Waals surface area contributed by atoms with Gasteiger partial charge in [0, 0.05) is 23.6 Å². The van der Waals surface area contributed by atoms with Crippen LogP contribution in [0.5, 0.6) is 11.5 Å². The number of hydrogen-bond donors (Lipinski definition) is 3. The molecule has 3 rings (SSSR count). The molecule has 0 spiro atoms. The third kappa shape index (κ3) is 4.65. The normalized spacial score (nSPS) is 12.9. The van der Waals surface area contributed by atoms with E-state index in [1.165, 1.54) is 44.6 Å². The van der Waals surface area contributed by atoms with Gasteiger partial charge in [-0.3, -0.25) is 10.1 Å². The molecule has 1 aromatic heterocycles.